The quantitative estimate of drug-likeness (QED) is 0.545. The summed E-state index contributed by atoms with van der Waals surface area (Å²) in [5, 5.41) is 0. The molecule has 0 N–H and O–H groups in total. The van der Waals surface area contributed by atoms with Crippen molar-refractivity contribution in [3.63, 3.8) is 0 Å². The largest absolute Gasteiger partial charge is 0.347 e. The predicted octanol–water partition coefficient (Wildman–Crippen LogP) is 3.87. The molecule has 4 unspecified atom stereocenters. The maximum atomic E-state index is 12.0. The van der Waals surface area contributed by atoms with Crippen LogP contribution >= 0.6 is 0 Å². The van der Waals surface area contributed by atoms with Crippen molar-refractivity contribution in [2.24, 2.45) is 22.7 Å². The second kappa shape index (κ2) is 4.91. The van der Waals surface area contributed by atoms with Crippen LogP contribution in [-0.4, -0.2) is 25.3 Å². The van der Waals surface area contributed by atoms with Crippen molar-refractivity contribution in [2.75, 3.05) is 13.2 Å². The Labute approximate surface area is 133 Å². The molecule has 4 rings (SSSR count). The van der Waals surface area contributed by atoms with Gasteiger partial charge in [0, 0.05) is 17.8 Å². The molecule has 2 saturated carbocycles. The minimum atomic E-state index is -0.347. The maximum Gasteiger partial charge on any atom is 0.171 e. The zero-order chi connectivity index (χ0) is 15.4. The molecular formula is C19H28O3. The lowest BCUT2D eigenvalue weighted by atomic mass is 9.46. The van der Waals surface area contributed by atoms with Crippen molar-refractivity contribution >= 4 is 6.29 Å². The highest BCUT2D eigenvalue weighted by molar-refractivity contribution is 5.67. The van der Waals surface area contributed by atoms with E-state index in [1.165, 1.54) is 11.9 Å². The third-order valence-corrected chi connectivity index (χ3v) is 7.34. The zero-order valence-corrected chi connectivity index (χ0v) is 13.9. The molecule has 3 nitrogen and oxygen atoms in total. The fourth-order valence-corrected chi connectivity index (χ4v) is 6.14. The minimum Gasteiger partial charge on any atom is -0.347 e. The molecule has 0 bridgehead atoms. The topological polar surface area (TPSA) is 35.5 Å². The fraction of sp³-hybridized carbons (Fsp3) is 0.842. The summed E-state index contributed by atoms with van der Waals surface area (Å²) in [6, 6.07) is 0. The van der Waals surface area contributed by atoms with Crippen LogP contribution in [0.4, 0.5) is 0 Å². The molecule has 1 aliphatic heterocycles. The standard InChI is InChI=1S/C19H28O3/c1-14-15-6-8-18(13-20)7-4-3-5-16(18)17(15,2)9-10-19(14)21-11-12-22-19/h5,13-15H,3-4,6-12H2,1-2H3. The van der Waals surface area contributed by atoms with Gasteiger partial charge >= 0.3 is 0 Å². The third-order valence-electron chi connectivity index (χ3n) is 7.34. The number of hydrogen-bond acceptors (Lipinski definition) is 3. The van der Waals surface area contributed by atoms with Gasteiger partial charge in [0.2, 0.25) is 0 Å². The Balaban J connectivity index is 1.72. The Bertz CT molecular complexity index is 505. The monoisotopic (exact) mass is 304 g/mol. The van der Waals surface area contributed by atoms with E-state index in [1.54, 1.807) is 0 Å². The normalized spacial score (nSPS) is 46.7. The van der Waals surface area contributed by atoms with Gasteiger partial charge in [-0.25, -0.2) is 0 Å². The molecule has 0 radical (unpaired) electrons. The van der Waals surface area contributed by atoms with Crippen LogP contribution in [0.1, 0.15) is 58.8 Å². The second-order valence-corrected chi connectivity index (χ2v) is 8.14. The smallest absolute Gasteiger partial charge is 0.171 e. The first-order valence-corrected chi connectivity index (χ1v) is 9.02. The van der Waals surface area contributed by atoms with E-state index in [0.717, 1.165) is 58.2 Å². The SMILES string of the molecule is CC1C2CCC3(C=O)CCCC=C3C2(C)CCC12OCCO2. The number of fused-ring (bicyclic) bond motifs is 3. The van der Waals surface area contributed by atoms with Crippen LogP contribution in [0.15, 0.2) is 11.6 Å². The van der Waals surface area contributed by atoms with E-state index in [9.17, 15) is 4.79 Å². The first-order chi connectivity index (χ1) is 10.6. The molecule has 3 aliphatic carbocycles. The zero-order valence-electron chi connectivity index (χ0n) is 13.9. The molecule has 22 heavy (non-hydrogen) atoms. The first-order valence-electron chi connectivity index (χ1n) is 9.02. The van der Waals surface area contributed by atoms with Gasteiger partial charge in [-0.15, -0.1) is 0 Å². The highest BCUT2D eigenvalue weighted by atomic mass is 16.7. The Morgan fingerprint density at radius 2 is 1.95 bits per heavy atom. The summed E-state index contributed by atoms with van der Waals surface area (Å²) < 4.78 is 12.1. The molecule has 3 heteroatoms. The second-order valence-electron chi connectivity index (χ2n) is 8.14. The summed E-state index contributed by atoms with van der Waals surface area (Å²) >= 11 is 0. The molecule has 0 amide bonds. The summed E-state index contributed by atoms with van der Waals surface area (Å²) in [6.45, 7) is 6.18. The number of aldehydes is 1. The molecule has 0 aromatic rings. The highest BCUT2D eigenvalue weighted by Crippen LogP contribution is 2.64. The van der Waals surface area contributed by atoms with E-state index < -0.39 is 0 Å². The number of hydrogen-bond donors (Lipinski definition) is 0. The summed E-state index contributed by atoms with van der Waals surface area (Å²) in [5.74, 6) is 0.624. The summed E-state index contributed by atoms with van der Waals surface area (Å²) in [6.07, 6.45) is 11.2. The van der Waals surface area contributed by atoms with Crippen molar-refractivity contribution in [3.8, 4) is 0 Å². The van der Waals surface area contributed by atoms with Crippen LogP contribution in [0.3, 0.4) is 0 Å². The van der Waals surface area contributed by atoms with Crippen molar-refractivity contribution in [3.05, 3.63) is 11.6 Å². The summed E-state index contributed by atoms with van der Waals surface area (Å²) in [7, 11) is 0. The number of ether oxygens (including phenoxy) is 2. The molecule has 1 heterocycles. The molecule has 1 saturated heterocycles. The van der Waals surface area contributed by atoms with Gasteiger partial charge in [-0.05, 0) is 49.9 Å². The molecule has 3 fully saturated rings. The predicted molar refractivity (Wildman–Crippen MR) is 84.3 cm³/mol. The third kappa shape index (κ3) is 1.78. The number of allylic oxidation sites excluding steroid dienone is 2. The molecule has 4 atom stereocenters. The van der Waals surface area contributed by atoms with Gasteiger partial charge in [0.05, 0.1) is 13.2 Å². The highest BCUT2D eigenvalue weighted by Gasteiger charge is 2.61. The van der Waals surface area contributed by atoms with E-state index in [1.807, 2.05) is 0 Å². The van der Waals surface area contributed by atoms with Gasteiger partial charge in [-0.1, -0.05) is 25.5 Å². The van der Waals surface area contributed by atoms with Crippen LogP contribution in [0, 0.1) is 22.7 Å². The van der Waals surface area contributed by atoms with Crippen molar-refractivity contribution < 1.29 is 14.3 Å². The summed E-state index contributed by atoms with van der Waals surface area (Å²) in [4.78, 5) is 12.0. The van der Waals surface area contributed by atoms with Crippen LogP contribution in [0.25, 0.3) is 0 Å². The number of carbonyl (C=O) groups excluding carboxylic acids is 1. The molecule has 4 aliphatic rings. The van der Waals surface area contributed by atoms with Gasteiger partial charge in [0.1, 0.15) is 6.29 Å². The molecule has 122 valence electrons. The molecule has 0 aromatic heterocycles. The Morgan fingerprint density at radius 1 is 1.18 bits per heavy atom. The Hall–Kier alpha value is -0.670. The van der Waals surface area contributed by atoms with Gasteiger partial charge < -0.3 is 14.3 Å². The van der Waals surface area contributed by atoms with Crippen LogP contribution < -0.4 is 0 Å². The van der Waals surface area contributed by atoms with Crippen molar-refractivity contribution in [1.82, 2.24) is 0 Å². The van der Waals surface area contributed by atoms with E-state index in [2.05, 4.69) is 19.9 Å². The van der Waals surface area contributed by atoms with Crippen LogP contribution in [-0.2, 0) is 14.3 Å². The van der Waals surface area contributed by atoms with Gasteiger partial charge in [-0.3, -0.25) is 0 Å². The maximum absolute atomic E-state index is 12.0. The average molecular weight is 304 g/mol. The fourth-order valence-electron chi connectivity index (χ4n) is 6.14. The number of carbonyl (C=O) groups is 1. The number of rotatable bonds is 1. The average Bonchev–Trinajstić information content (AvgIpc) is 3.02. The summed E-state index contributed by atoms with van der Waals surface area (Å²) in [5.41, 5.74) is 1.45. The van der Waals surface area contributed by atoms with Gasteiger partial charge in [0.15, 0.2) is 5.79 Å². The molecule has 1 spiro atoms. The van der Waals surface area contributed by atoms with Crippen molar-refractivity contribution in [1.29, 1.82) is 0 Å². The lowest BCUT2D eigenvalue weighted by molar-refractivity contribution is -0.243. The van der Waals surface area contributed by atoms with E-state index in [0.29, 0.717) is 11.8 Å². The van der Waals surface area contributed by atoms with E-state index in [-0.39, 0.29) is 16.6 Å². The first kappa shape index (κ1) is 14.9. The van der Waals surface area contributed by atoms with Gasteiger partial charge in [-0.2, -0.15) is 0 Å². The Morgan fingerprint density at radius 3 is 2.68 bits per heavy atom. The van der Waals surface area contributed by atoms with Crippen molar-refractivity contribution in [2.45, 2.75) is 64.6 Å². The minimum absolute atomic E-state index is 0.152. The molecule has 0 aromatic carbocycles. The van der Waals surface area contributed by atoms with E-state index >= 15 is 0 Å². The van der Waals surface area contributed by atoms with Crippen LogP contribution in [0.2, 0.25) is 0 Å². The lowest BCUT2D eigenvalue weighted by Crippen LogP contribution is -2.57. The van der Waals surface area contributed by atoms with Crippen LogP contribution in [0.5, 0.6) is 0 Å². The lowest BCUT2D eigenvalue weighted by Gasteiger charge is -2.60. The molecular weight excluding hydrogens is 276 g/mol. The van der Waals surface area contributed by atoms with E-state index in [4.69, 9.17) is 9.47 Å². The Kier molecular flexibility index (Phi) is 3.32. The van der Waals surface area contributed by atoms with Gasteiger partial charge in [0.25, 0.3) is 0 Å².